The molecule has 2 aromatic carbocycles. The SMILES string of the molecule is O=C(Cl)CCl.O=C(c1ccccc1)c1ccc([N+](=O)[O-])cc1. The Morgan fingerprint density at radius 3 is 1.82 bits per heavy atom. The van der Waals surface area contributed by atoms with E-state index in [1.165, 1.54) is 24.3 Å². The van der Waals surface area contributed by atoms with Crippen molar-refractivity contribution in [3.05, 3.63) is 75.8 Å². The number of nitrogens with zero attached hydrogens (tertiary/aromatic N) is 1. The minimum Gasteiger partial charge on any atom is -0.289 e. The van der Waals surface area contributed by atoms with Crippen LogP contribution >= 0.6 is 23.2 Å². The zero-order valence-electron chi connectivity index (χ0n) is 11.2. The van der Waals surface area contributed by atoms with Gasteiger partial charge in [0.2, 0.25) is 5.24 Å². The van der Waals surface area contributed by atoms with Gasteiger partial charge in [-0.1, -0.05) is 30.3 Å². The molecule has 0 aliphatic carbocycles. The molecule has 0 N–H and O–H groups in total. The van der Waals surface area contributed by atoms with Crippen LogP contribution in [-0.4, -0.2) is 21.8 Å². The van der Waals surface area contributed by atoms with Gasteiger partial charge in [-0.15, -0.1) is 11.6 Å². The first-order valence-electron chi connectivity index (χ1n) is 6.04. The fraction of sp³-hybridized carbons (Fsp3) is 0.0667. The van der Waals surface area contributed by atoms with Crippen LogP contribution in [0.3, 0.4) is 0 Å². The number of ketones is 1. The lowest BCUT2D eigenvalue weighted by molar-refractivity contribution is -0.384. The second-order valence-electron chi connectivity index (χ2n) is 3.99. The number of carbonyl (C=O) groups is 2. The molecule has 5 nitrogen and oxygen atoms in total. The molecule has 7 heteroatoms. The zero-order chi connectivity index (χ0) is 16.5. The van der Waals surface area contributed by atoms with Crippen LogP contribution in [-0.2, 0) is 4.79 Å². The van der Waals surface area contributed by atoms with E-state index in [-0.39, 0.29) is 17.4 Å². The van der Waals surface area contributed by atoms with E-state index in [9.17, 15) is 19.7 Å². The van der Waals surface area contributed by atoms with Gasteiger partial charge in [0, 0.05) is 23.3 Å². The van der Waals surface area contributed by atoms with E-state index in [0.717, 1.165) is 0 Å². The van der Waals surface area contributed by atoms with Crippen LogP contribution < -0.4 is 0 Å². The number of benzene rings is 2. The molecule has 22 heavy (non-hydrogen) atoms. The van der Waals surface area contributed by atoms with Crippen LogP contribution in [0.1, 0.15) is 15.9 Å². The number of carbonyl (C=O) groups excluding carboxylic acids is 2. The maximum atomic E-state index is 12.0. The number of hydrogen-bond donors (Lipinski definition) is 0. The monoisotopic (exact) mass is 339 g/mol. The van der Waals surface area contributed by atoms with Gasteiger partial charge in [0.25, 0.3) is 5.69 Å². The molecule has 0 atom stereocenters. The molecule has 0 aromatic heterocycles. The quantitative estimate of drug-likeness (QED) is 0.279. The topological polar surface area (TPSA) is 77.3 Å². The second-order valence-corrected chi connectivity index (χ2v) is 4.68. The summed E-state index contributed by atoms with van der Waals surface area (Å²) in [5, 5.41) is 9.96. The maximum Gasteiger partial charge on any atom is 0.269 e. The van der Waals surface area contributed by atoms with Crippen molar-refractivity contribution in [2.24, 2.45) is 0 Å². The van der Waals surface area contributed by atoms with E-state index in [1.54, 1.807) is 24.3 Å². The molecule has 0 aliphatic heterocycles. The van der Waals surface area contributed by atoms with E-state index < -0.39 is 10.2 Å². The van der Waals surface area contributed by atoms with Crippen molar-refractivity contribution in [2.45, 2.75) is 0 Å². The molecular formula is C15H11Cl2NO4. The highest BCUT2D eigenvalue weighted by molar-refractivity contribution is 6.67. The van der Waals surface area contributed by atoms with Gasteiger partial charge in [-0.3, -0.25) is 19.7 Å². The standard InChI is InChI=1S/C13H9NO3.C2H2Cl2O/c15-13(10-4-2-1-3-5-10)11-6-8-12(9-7-11)14(16)17;3-1-2(4)5/h1-9H;1H2. The Bertz CT molecular complexity index is 657. The van der Waals surface area contributed by atoms with Crippen LogP contribution in [0.5, 0.6) is 0 Å². The van der Waals surface area contributed by atoms with Crippen molar-refractivity contribution in [3.63, 3.8) is 0 Å². The highest BCUT2D eigenvalue weighted by atomic mass is 35.5. The van der Waals surface area contributed by atoms with Gasteiger partial charge in [0.05, 0.1) is 10.8 Å². The average molecular weight is 340 g/mol. The Labute approximate surface area is 136 Å². The van der Waals surface area contributed by atoms with Crippen LogP contribution in [0, 0.1) is 10.1 Å². The molecule has 2 rings (SSSR count). The van der Waals surface area contributed by atoms with E-state index >= 15 is 0 Å². The number of hydrogen-bond acceptors (Lipinski definition) is 4. The van der Waals surface area contributed by atoms with Gasteiger partial charge >= 0.3 is 0 Å². The Kier molecular flexibility index (Phi) is 7.22. The Balaban J connectivity index is 0.000000422. The molecule has 0 saturated carbocycles. The summed E-state index contributed by atoms with van der Waals surface area (Å²) in [5.74, 6) is -0.234. The largest absolute Gasteiger partial charge is 0.289 e. The molecule has 0 radical (unpaired) electrons. The summed E-state index contributed by atoms with van der Waals surface area (Å²) in [7, 11) is 0. The van der Waals surface area contributed by atoms with Crippen LogP contribution in [0.25, 0.3) is 0 Å². The lowest BCUT2D eigenvalue weighted by Crippen LogP contribution is -2.00. The number of nitro benzene ring substituents is 1. The Hall–Kier alpha value is -2.24. The number of halogens is 2. The van der Waals surface area contributed by atoms with Gasteiger partial charge in [0.1, 0.15) is 0 Å². The van der Waals surface area contributed by atoms with Gasteiger partial charge in [-0.05, 0) is 23.7 Å². The fourth-order valence-corrected chi connectivity index (χ4v) is 1.49. The molecule has 2 aromatic rings. The minimum atomic E-state index is -0.508. The predicted octanol–water partition coefficient (Wildman–Crippen LogP) is 3.82. The molecule has 0 heterocycles. The zero-order valence-corrected chi connectivity index (χ0v) is 12.8. The molecule has 0 amide bonds. The molecule has 0 spiro atoms. The fourth-order valence-electron chi connectivity index (χ4n) is 1.49. The highest BCUT2D eigenvalue weighted by Crippen LogP contribution is 2.15. The first-order chi connectivity index (χ1) is 10.5. The molecule has 114 valence electrons. The van der Waals surface area contributed by atoms with Gasteiger partial charge in [0.15, 0.2) is 5.78 Å². The Morgan fingerprint density at radius 2 is 1.41 bits per heavy atom. The smallest absolute Gasteiger partial charge is 0.269 e. The van der Waals surface area contributed by atoms with Crippen molar-refractivity contribution in [1.29, 1.82) is 0 Å². The summed E-state index contributed by atoms with van der Waals surface area (Å²) in [6.45, 7) is 0. The van der Waals surface area contributed by atoms with E-state index in [4.69, 9.17) is 23.2 Å². The normalized spacial score (nSPS) is 9.36. The molecule has 0 saturated heterocycles. The minimum absolute atomic E-state index is 0.0189. The molecular weight excluding hydrogens is 329 g/mol. The van der Waals surface area contributed by atoms with Gasteiger partial charge in [-0.2, -0.15) is 0 Å². The van der Waals surface area contributed by atoms with E-state index in [1.807, 2.05) is 6.07 Å². The predicted molar refractivity (Wildman–Crippen MR) is 84.6 cm³/mol. The van der Waals surface area contributed by atoms with Crippen LogP contribution in [0.2, 0.25) is 0 Å². The average Bonchev–Trinajstić information content (AvgIpc) is 2.55. The van der Waals surface area contributed by atoms with Crippen molar-refractivity contribution < 1.29 is 14.5 Å². The third kappa shape index (κ3) is 5.63. The molecule has 0 unspecified atom stereocenters. The number of alkyl halides is 1. The van der Waals surface area contributed by atoms with Crippen molar-refractivity contribution in [2.75, 3.05) is 5.88 Å². The third-order valence-electron chi connectivity index (χ3n) is 2.48. The van der Waals surface area contributed by atoms with Gasteiger partial charge in [-0.25, -0.2) is 0 Å². The summed E-state index contributed by atoms with van der Waals surface area (Å²) in [5.41, 5.74) is 0.998. The maximum absolute atomic E-state index is 12.0. The summed E-state index contributed by atoms with van der Waals surface area (Å²) in [4.78, 5) is 31.4. The van der Waals surface area contributed by atoms with Crippen molar-refractivity contribution in [3.8, 4) is 0 Å². The van der Waals surface area contributed by atoms with Crippen LogP contribution in [0.15, 0.2) is 54.6 Å². The summed E-state index contributed by atoms with van der Waals surface area (Å²) < 4.78 is 0. The second kappa shape index (κ2) is 8.92. The molecule has 0 aliphatic rings. The number of non-ortho nitro benzene ring substituents is 1. The van der Waals surface area contributed by atoms with Gasteiger partial charge < -0.3 is 0 Å². The molecule has 0 bridgehead atoms. The number of rotatable bonds is 4. The van der Waals surface area contributed by atoms with Crippen LogP contribution in [0.4, 0.5) is 5.69 Å². The summed E-state index contributed by atoms with van der Waals surface area (Å²) >= 11 is 9.55. The first kappa shape index (κ1) is 17.8. The molecule has 0 fully saturated rings. The lowest BCUT2D eigenvalue weighted by atomic mass is 10.0. The lowest BCUT2D eigenvalue weighted by Gasteiger charge is -2.00. The third-order valence-corrected chi connectivity index (χ3v) is 2.99. The van der Waals surface area contributed by atoms with E-state index in [2.05, 4.69) is 0 Å². The van der Waals surface area contributed by atoms with E-state index in [0.29, 0.717) is 11.1 Å². The first-order valence-corrected chi connectivity index (χ1v) is 6.95. The number of nitro groups is 1. The highest BCUT2D eigenvalue weighted by Gasteiger charge is 2.10. The van der Waals surface area contributed by atoms with Crippen molar-refractivity contribution in [1.82, 2.24) is 0 Å². The summed E-state index contributed by atoms with van der Waals surface area (Å²) in [6.07, 6.45) is 0. The summed E-state index contributed by atoms with van der Waals surface area (Å²) in [6, 6.07) is 14.4. The Morgan fingerprint density at radius 1 is 0.955 bits per heavy atom. The van der Waals surface area contributed by atoms with Crippen molar-refractivity contribution >= 4 is 39.9 Å².